The molecule has 0 amide bonds. The number of aliphatic hydroxyl groups excluding tert-OH is 1. The van der Waals surface area contributed by atoms with Crippen molar-refractivity contribution in [3.63, 3.8) is 0 Å². The van der Waals surface area contributed by atoms with Gasteiger partial charge in [-0.2, -0.15) is 0 Å². The summed E-state index contributed by atoms with van der Waals surface area (Å²) in [6, 6.07) is 39.4. The molecule has 1 saturated carbocycles. The fraction of sp³-hybridized carbons (Fsp3) is 0.365. The Morgan fingerprint density at radius 2 is 1.52 bits per heavy atom. The molecule has 0 bridgehead atoms. The zero-order valence-electron chi connectivity index (χ0n) is 43.1. The van der Waals surface area contributed by atoms with Crippen LogP contribution in [-0.4, -0.2) is 85.2 Å². The van der Waals surface area contributed by atoms with Crippen LogP contribution in [0.2, 0.25) is 0 Å². The number of hydrogen-bond acceptors (Lipinski definition) is 12. The van der Waals surface area contributed by atoms with Crippen LogP contribution in [0.15, 0.2) is 121 Å². The fourth-order valence-corrected chi connectivity index (χ4v) is 13.4. The quantitative estimate of drug-likeness (QED) is 0.0459. The van der Waals surface area contributed by atoms with Crippen LogP contribution in [-0.2, 0) is 55.0 Å². The first-order valence-corrected chi connectivity index (χ1v) is 26.3. The Balaban J connectivity index is 1.05. The van der Waals surface area contributed by atoms with E-state index in [1.807, 2.05) is 61.5 Å². The molecular weight excluding hydrogens is 947 g/mol. The third-order valence-electron chi connectivity index (χ3n) is 16.4. The van der Waals surface area contributed by atoms with E-state index in [2.05, 4.69) is 47.8 Å². The van der Waals surface area contributed by atoms with Crippen LogP contribution >= 0.6 is 0 Å². The van der Waals surface area contributed by atoms with Crippen molar-refractivity contribution in [3.8, 4) is 39.9 Å². The maximum absolute atomic E-state index is 14.7. The lowest BCUT2D eigenvalue weighted by Gasteiger charge is -2.60. The van der Waals surface area contributed by atoms with E-state index in [4.69, 9.17) is 23.7 Å². The molecule has 7 aromatic carbocycles. The predicted molar refractivity (Wildman–Crippen MR) is 289 cm³/mol. The minimum atomic E-state index is -0.924. The minimum Gasteiger partial charge on any atom is -0.508 e. The average Bonchev–Trinajstić information content (AvgIpc) is 3.41. The van der Waals surface area contributed by atoms with Crippen LogP contribution in [0, 0.1) is 11.8 Å². The molecule has 5 N–H and O–H groups in total. The maximum atomic E-state index is 14.7. The number of ether oxygens (including phenoxy) is 5. The third kappa shape index (κ3) is 10.1. The highest BCUT2D eigenvalue weighted by Gasteiger charge is 2.62. The number of rotatable bonds is 16. The minimum absolute atomic E-state index is 0.0346. The molecule has 1 fully saturated rings. The predicted octanol–water partition coefficient (Wildman–Crippen LogP) is 10.7. The summed E-state index contributed by atoms with van der Waals surface area (Å²) in [7, 11) is 3.04. The van der Waals surface area contributed by atoms with Crippen LogP contribution in [0.3, 0.4) is 0 Å². The second-order valence-corrected chi connectivity index (χ2v) is 20.6. The Kier molecular flexibility index (Phi) is 15.1. The number of fused-ring (bicyclic) bond motifs is 8. The van der Waals surface area contributed by atoms with Crippen molar-refractivity contribution in [1.82, 2.24) is 5.32 Å². The van der Waals surface area contributed by atoms with Gasteiger partial charge in [0.25, 0.3) is 0 Å². The topological polar surface area (TPSA) is 173 Å². The molecule has 0 heterocycles. The summed E-state index contributed by atoms with van der Waals surface area (Å²) in [6.45, 7) is 6.02. The number of aromatic hydroxyl groups is 3. The molecule has 3 aliphatic rings. The van der Waals surface area contributed by atoms with E-state index in [0.717, 1.165) is 84.6 Å². The van der Waals surface area contributed by atoms with Crippen molar-refractivity contribution in [3.05, 3.63) is 160 Å². The van der Waals surface area contributed by atoms with E-state index < -0.39 is 41.4 Å². The number of phenolic OH excluding ortho intramolecular Hbond substituents is 3. The van der Waals surface area contributed by atoms with Gasteiger partial charge in [-0.15, -0.1) is 0 Å². The SMILES string of the molecule is CCOCCCNCc1cccc(-c2cc(O)cc3ccc(CC(=O)OC4CC(OC(C)=O)C5Cc6cc(OC)c(O)cc6C(CO)C5(c5ccc6ccccc6c5)C5CCc6cc(O)c(OC)cc6C5C4)cc23)c1. The summed E-state index contributed by atoms with van der Waals surface area (Å²) < 4.78 is 30.2. The number of esters is 2. The summed E-state index contributed by atoms with van der Waals surface area (Å²) >= 11 is 0. The third-order valence-corrected chi connectivity index (χ3v) is 16.4. The zero-order valence-corrected chi connectivity index (χ0v) is 43.1. The van der Waals surface area contributed by atoms with Crippen molar-refractivity contribution in [1.29, 1.82) is 0 Å². The lowest BCUT2D eigenvalue weighted by Crippen LogP contribution is -2.60. The first kappa shape index (κ1) is 51.4. The standard InChI is InChI=1S/C63H67NO11/c1-5-73-21-9-20-64-35-39-10-8-13-42(22-39)50-30-47(67)26-43-15-14-38(23-49(43)50)24-62(70)75-48-31-53-51-34-61(72-4)57(68)28-44(51)17-19-54(53)63(46-18-16-40-11-6-7-12-41(40)25-46)55(59(32-48)74-37(2)66)27-45-29-60(71-3)58(69)33-52(45)56(63)36-65/h6-8,10-16,18,22-23,25-26,28-30,33-34,48,53-56,59,64-65,67-69H,5,9,17,19-21,24,27,31-32,35-36H2,1-4H3. The Morgan fingerprint density at radius 3 is 2.31 bits per heavy atom. The van der Waals surface area contributed by atoms with Gasteiger partial charge in [-0.25, -0.2) is 0 Å². The molecule has 0 aliphatic heterocycles. The van der Waals surface area contributed by atoms with Crippen molar-refractivity contribution in [2.45, 2.75) is 94.8 Å². The van der Waals surface area contributed by atoms with E-state index in [1.165, 1.54) is 21.1 Å². The molecule has 7 aromatic rings. The van der Waals surface area contributed by atoms with E-state index in [9.17, 15) is 30.0 Å². The van der Waals surface area contributed by atoms with Gasteiger partial charge in [0.15, 0.2) is 23.0 Å². The van der Waals surface area contributed by atoms with Crippen molar-refractivity contribution >= 4 is 33.5 Å². The van der Waals surface area contributed by atoms with Gasteiger partial charge in [0.1, 0.15) is 18.0 Å². The molecule has 10 rings (SSSR count). The number of aryl methyl sites for hydroxylation is 1. The Bertz CT molecular complexity index is 3240. The Hall–Kier alpha value is -7.12. The van der Waals surface area contributed by atoms with Crippen molar-refractivity contribution < 1.29 is 53.7 Å². The summed E-state index contributed by atoms with van der Waals surface area (Å²) in [5.74, 6) is -1.80. The van der Waals surface area contributed by atoms with Crippen LogP contribution < -0.4 is 14.8 Å². The van der Waals surface area contributed by atoms with Gasteiger partial charge in [0, 0.05) is 50.4 Å². The number of hydrogen-bond donors (Lipinski definition) is 5. The second-order valence-electron chi connectivity index (χ2n) is 20.6. The van der Waals surface area contributed by atoms with Crippen LogP contribution in [0.1, 0.15) is 90.3 Å². The highest BCUT2D eigenvalue weighted by Crippen LogP contribution is 2.65. The van der Waals surface area contributed by atoms with Gasteiger partial charge in [0.05, 0.1) is 27.2 Å². The zero-order chi connectivity index (χ0) is 52.4. The highest BCUT2D eigenvalue weighted by molar-refractivity contribution is 5.98. The number of phenols is 3. The van der Waals surface area contributed by atoms with Crippen molar-refractivity contribution in [2.75, 3.05) is 40.6 Å². The number of methoxy groups -OCH3 is 2. The molecule has 7 unspecified atom stereocenters. The first-order chi connectivity index (χ1) is 36.4. The van der Waals surface area contributed by atoms with Gasteiger partial charge in [-0.1, -0.05) is 72.8 Å². The molecule has 0 saturated heterocycles. The van der Waals surface area contributed by atoms with Crippen molar-refractivity contribution in [2.24, 2.45) is 11.8 Å². The van der Waals surface area contributed by atoms with Crippen LogP contribution in [0.4, 0.5) is 0 Å². The normalized spacial score (nSPS) is 21.9. The molecule has 7 atom stereocenters. The lowest BCUT2D eigenvalue weighted by molar-refractivity contribution is -0.164. The summed E-state index contributed by atoms with van der Waals surface area (Å²) in [4.78, 5) is 28.2. The number of carbonyl (C=O) groups excluding carboxylic acids is 2. The van der Waals surface area contributed by atoms with Gasteiger partial charge in [-0.3, -0.25) is 9.59 Å². The molecule has 3 aliphatic carbocycles. The van der Waals surface area contributed by atoms with Gasteiger partial charge < -0.3 is 49.4 Å². The van der Waals surface area contributed by atoms with Gasteiger partial charge >= 0.3 is 11.9 Å². The molecule has 0 radical (unpaired) electrons. The maximum Gasteiger partial charge on any atom is 0.310 e. The number of aliphatic hydroxyl groups is 1. The molecule has 390 valence electrons. The monoisotopic (exact) mass is 1010 g/mol. The van der Waals surface area contributed by atoms with E-state index in [0.29, 0.717) is 56.9 Å². The summed E-state index contributed by atoms with van der Waals surface area (Å²) in [5, 5.41) is 52.8. The van der Waals surface area contributed by atoms with E-state index in [-0.39, 0.29) is 48.5 Å². The molecule has 75 heavy (non-hydrogen) atoms. The van der Waals surface area contributed by atoms with Crippen LogP contribution in [0.25, 0.3) is 32.7 Å². The summed E-state index contributed by atoms with van der Waals surface area (Å²) in [5.41, 5.74) is 7.22. The Morgan fingerprint density at radius 1 is 0.733 bits per heavy atom. The van der Waals surface area contributed by atoms with Gasteiger partial charge in [0.2, 0.25) is 0 Å². The average molecular weight is 1010 g/mol. The largest absolute Gasteiger partial charge is 0.508 e. The smallest absolute Gasteiger partial charge is 0.310 e. The fourth-order valence-electron chi connectivity index (χ4n) is 13.4. The Labute approximate surface area is 438 Å². The van der Waals surface area contributed by atoms with E-state index in [1.54, 1.807) is 24.3 Å². The second kappa shape index (κ2) is 22.0. The lowest BCUT2D eigenvalue weighted by atomic mass is 9.44. The summed E-state index contributed by atoms with van der Waals surface area (Å²) in [6.07, 6.45) is 1.46. The highest BCUT2D eigenvalue weighted by atomic mass is 16.6. The molecular formula is C63H67NO11. The van der Waals surface area contributed by atoms with Crippen LogP contribution in [0.5, 0.6) is 28.7 Å². The molecule has 0 spiro atoms. The van der Waals surface area contributed by atoms with E-state index >= 15 is 0 Å². The molecule has 12 heteroatoms. The molecule has 12 nitrogen and oxygen atoms in total. The number of benzene rings is 7. The first-order valence-electron chi connectivity index (χ1n) is 26.3. The number of nitrogens with one attached hydrogen (secondary N) is 1. The number of carbonyl (C=O) groups is 2. The molecule has 0 aromatic heterocycles. The van der Waals surface area contributed by atoms with Gasteiger partial charge in [-0.05, 0) is 178 Å².